The number of halogens is 1. The van der Waals surface area contributed by atoms with E-state index in [0.717, 1.165) is 0 Å². The second-order valence-corrected chi connectivity index (χ2v) is 6.77. The van der Waals surface area contributed by atoms with Gasteiger partial charge in [0.1, 0.15) is 18.2 Å². The van der Waals surface area contributed by atoms with Gasteiger partial charge in [-0.1, -0.05) is 13.0 Å². The lowest BCUT2D eigenvalue weighted by molar-refractivity contribution is 0.333. The molecule has 0 aliphatic carbocycles. The van der Waals surface area contributed by atoms with Crippen LogP contribution >= 0.6 is 0 Å². The highest BCUT2D eigenvalue weighted by Crippen LogP contribution is 2.24. The average Bonchev–Trinajstić information content (AvgIpc) is 2.28. The maximum Gasteiger partial charge on any atom is 0.153 e. The summed E-state index contributed by atoms with van der Waals surface area (Å²) in [5.74, 6) is -0.0624. The molecule has 6 heteroatoms. The Hall–Kier alpha value is -1.14. The fraction of sp³-hybridized carbons (Fsp3) is 0.538. The lowest BCUT2D eigenvalue weighted by atomic mass is 10.1. The Morgan fingerprint density at radius 2 is 2.05 bits per heavy atom. The summed E-state index contributed by atoms with van der Waals surface area (Å²) >= 11 is 0. The molecule has 4 nitrogen and oxygen atoms in total. The lowest BCUT2D eigenvalue weighted by Crippen LogP contribution is -2.18. The van der Waals surface area contributed by atoms with Crippen LogP contribution in [-0.4, -0.2) is 26.5 Å². The van der Waals surface area contributed by atoms with Crippen molar-refractivity contribution < 1.29 is 17.5 Å². The van der Waals surface area contributed by atoms with Gasteiger partial charge in [0, 0.05) is 17.7 Å². The topological polar surface area (TPSA) is 69.4 Å². The molecule has 1 rings (SSSR count). The van der Waals surface area contributed by atoms with Gasteiger partial charge in [0.2, 0.25) is 0 Å². The van der Waals surface area contributed by atoms with Crippen LogP contribution in [0.2, 0.25) is 0 Å². The first-order chi connectivity index (χ1) is 8.85. The number of ether oxygens (including phenoxy) is 1. The van der Waals surface area contributed by atoms with Gasteiger partial charge in [-0.15, -0.1) is 0 Å². The normalized spacial score (nSPS) is 13.3. The molecule has 1 atom stereocenters. The summed E-state index contributed by atoms with van der Waals surface area (Å²) in [7, 11) is -3.10. The van der Waals surface area contributed by atoms with E-state index >= 15 is 0 Å². The van der Waals surface area contributed by atoms with Crippen LogP contribution in [0.4, 0.5) is 4.39 Å². The summed E-state index contributed by atoms with van der Waals surface area (Å²) in [6.45, 7) is 3.57. The van der Waals surface area contributed by atoms with Gasteiger partial charge in [-0.25, -0.2) is 12.8 Å². The molecule has 0 aliphatic heterocycles. The lowest BCUT2D eigenvalue weighted by Gasteiger charge is -2.14. The Balaban J connectivity index is 2.70. The highest BCUT2D eigenvalue weighted by atomic mass is 32.2. The van der Waals surface area contributed by atoms with E-state index in [1.165, 1.54) is 12.1 Å². The number of rotatable bonds is 7. The maximum atomic E-state index is 13.2. The molecule has 0 saturated carbocycles. The van der Waals surface area contributed by atoms with E-state index in [0.29, 0.717) is 17.7 Å². The minimum Gasteiger partial charge on any atom is -0.492 e. The molecule has 0 spiro atoms. The molecule has 19 heavy (non-hydrogen) atoms. The van der Waals surface area contributed by atoms with E-state index in [2.05, 4.69) is 0 Å². The minimum atomic E-state index is -3.10. The third-order valence-corrected chi connectivity index (χ3v) is 4.45. The molecule has 0 aromatic heterocycles. The van der Waals surface area contributed by atoms with Gasteiger partial charge in [0.05, 0.1) is 11.5 Å². The third-order valence-electron chi connectivity index (χ3n) is 2.63. The Bertz CT molecular complexity index is 515. The van der Waals surface area contributed by atoms with Crippen molar-refractivity contribution in [3.05, 3.63) is 29.6 Å². The Morgan fingerprint density at radius 3 is 2.63 bits per heavy atom. The number of hydrogen-bond acceptors (Lipinski definition) is 4. The molecule has 0 unspecified atom stereocenters. The van der Waals surface area contributed by atoms with Crippen LogP contribution in [0, 0.1) is 5.82 Å². The maximum absolute atomic E-state index is 13.2. The van der Waals surface area contributed by atoms with Crippen LogP contribution in [0.1, 0.15) is 31.9 Å². The molecule has 0 fully saturated rings. The highest BCUT2D eigenvalue weighted by molar-refractivity contribution is 7.91. The Labute approximate surface area is 113 Å². The Morgan fingerprint density at radius 1 is 1.37 bits per heavy atom. The monoisotopic (exact) mass is 289 g/mol. The van der Waals surface area contributed by atoms with Crippen molar-refractivity contribution in [2.75, 3.05) is 18.1 Å². The second kappa shape index (κ2) is 6.86. The van der Waals surface area contributed by atoms with Gasteiger partial charge in [-0.3, -0.25) is 0 Å². The van der Waals surface area contributed by atoms with E-state index in [-0.39, 0.29) is 24.2 Å². The van der Waals surface area contributed by atoms with Gasteiger partial charge in [-0.05, 0) is 19.4 Å². The molecule has 0 heterocycles. The van der Waals surface area contributed by atoms with E-state index in [9.17, 15) is 12.8 Å². The molecular weight excluding hydrogens is 269 g/mol. The zero-order chi connectivity index (χ0) is 14.5. The van der Waals surface area contributed by atoms with Gasteiger partial charge in [-0.2, -0.15) is 0 Å². The van der Waals surface area contributed by atoms with Crippen LogP contribution in [0.3, 0.4) is 0 Å². The quantitative estimate of drug-likeness (QED) is 0.834. The molecule has 1 aromatic rings. The van der Waals surface area contributed by atoms with Crippen LogP contribution in [0.15, 0.2) is 18.2 Å². The zero-order valence-corrected chi connectivity index (χ0v) is 12.0. The van der Waals surface area contributed by atoms with Crippen LogP contribution < -0.4 is 10.5 Å². The van der Waals surface area contributed by atoms with Crippen molar-refractivity contribution in [3.8, 4) is 5.75 Å². The van der Waals surface area contributed by atoms with Gasteiger partial charge >= 0.3 is 0 Å². The smallest absolute Gasteiger partial charge is 0.153 e. The summed E-state index contributed by atoms with van der Waals surface area (Å²) in [5.41, 5.74) is 6.41. The molecule has 0 amide bonds. The van der Waals surface area contributed by atoms with Crippen molar-refractivity contribution in [2.45, 2.75) is 26.3 Å². The van der Waals surface area contributed by atoms with E-state index in [4.69, 9.17) is 10.5 Å². The number of benzene rings is 1. The largest absolute Gasteiger partial charge is 0.492 e. The number of hydrogen-bond donors (Lipinski definition) is 1. The first-order valence-electron chi connectivity index (χ1n) is 6.24. The summed E-state index contributed by atoms with van der Waals surface area (Å²) in [5, 5.41) is 0. The summed E-state index contributed by atoms with van der Waals surface area (Å²) in [6, 6.07) is 3.78. The van der Waals surface area contributed by atoms with Gasteiger partial charge < -0.3 is 10.5 Å². The Kier molecular flexibility index (Phi) is 5.75. The average molecular weight is 289 g/mol. The van der Waals surface area contributed by atoms with Crippen molar-refractivity contribution in [1.29, 1.82) is 0 Å². The van der Waals surface area contributed by atoms with E-state index in [1.807, 2.05) is 0 Å². The molecular formula is C13H20FNO3S. The van der Waals surface area contributed by atoms with E-state index < -0.39 is 15.7 Å². The summed E-state index contributed by atoms with van der Waals surface area (Å²) < 4.78 is 41.6. The molecule has 0 aliphatic rings. The molecule has 0 saturated heterocycles. The van der Waals surface area contributed by atoms with Crippen molar-refractivity contribution in [2.24, 2.45) is 5.73 Å². The van der Waals surface area contributed by atoms with Gasteiger partial charge in [0.25, 0.3) is 0 Å². The molecule has 0 bridgehead atoms. The second-order valence-electron chi connectivity index (χ2n) is 4.47. The zero-order valence-electron chi connectivity index (χ0n) is 11.2. The predicted molar refractivity (Wildman–Crippen MR) is 73.4 cm³/mol. The fourth-order valence-corrected chi connectivity index (χ4v) is 2.86. The molecule has 0 radical (unpaired) electrons. The first kappa shape index (κ1) is 15.9. The van der Waals surface area contributed by atoms with Crippen molar-refractivity contribution >= 4 is 9.84 Å². The SMILES string of the molecule is CCCS(=O)(=O)CCOc1cc(F)ccc1[C@H](C)N. The van der Waals surface area contributed by atoms with Crippen molar-refractivity contribution in [3.63, 3.8) is 0 Å². The molecule has 108 valence electrons. The van der Waals surface area contributed by atoms with Crippen LogP contribution in [0.25, 0.3) is 0 Å². The molecule has 2 N–H and O–H groups in total. The predicted octanol–water partition coefficient (Wildman–Crippen LogP) is 2.05. The summed E-state index contributed by atoms with van der Waals surface area (Å²) in [4.78, 5) is 0. The molecule has 1 aromatic carbocycles. The fourth-order valence-electron chi connectivity index (χ4n) is 1.70. The van der Waals surface area contributed by atoms with Crippen LogP contribution in [0.5, 0.6) is 5.75 Å². The van der Waals surface area contributed by atoms with Crippen molar-refractivity contribution in [1.82, 2.24) is 0 Å². The first-order valence-corrected chi connectivity index (χ1v) is 8.06. The van der Waals surface area contributed by atoms with Crippen LogP contribution in [-0.2, 0) is 9.84 Å². The number of nitrogens with two attached hydrogens (primary N) is 1. The number of sulfone groups is 1. The minimum absolute atomic E-state index is 0.00546. The van der Waals surface area contributed by atoms with E-state index in [1.54, 1.807) is 19.9 Å². The standard InChI is InChI=1S/C13H20FNO3S/c1-3-7-19(16,17)8-6-18-13-9-11(14)4-5-12(13)10(2)15/h4-5,9-10H,3,6-8,15H2,1-2H3/t10-/m0/s1. The summed E-state index contributed by atoms with van der Waals surface area (Å²) in [6.07, 6.45) is 0.577. The van der Waals surface area contributed by atoms with Gasteiger partial charge in [0.15, 0.2) is 9.84 Å². The third kappa shape index (κ3) is 5.16. The highest BCUT2D eigenvalue weighted by Gasteiger charge is 2.12.